The molecule has 0 amide bonds. The molecule has 8 nitrogen and oxygen atoms in total. The van der Waals surface area contributed by atoms with Gasteiger partial charge >= 0.3 is 5.97 Å². The molecule has 1 aliphatic rings. The molecule has 3 aromatic rings. The number of ether oxygens (including phenoxy) is 4. The fourth-order valence-corrected chi connectivity index (χ4v) is 5.45. The Labute approximate surface area is 219 Å². The molecule has 0 saturated heterocycles. The van der Waals surface area contributed by atoms with E-state index in [2.05, 4.69) is 18.8 Å². The van der Waals surface area contributed by atoms with Crippen molar-refractivity contribution in [1.82, 2.24) is 4.57 Å². The standard InChI is InChI=1S/C28H30N2O6S/c1-15(2)18-8-10-19(11-9-18)24-23(27(32)36-7)16(3)29-28-30(24)26(31)22(37-28)14-17-12-20(33-4)25(35-6)21(13-17)34-5/h8-15,24H,1-7H3. The first-order chi connectivity index (χ1) is 17.7. The molecule has 0 spiro atoms. The van der Waals surface area contributed by atoms with E-state index in [1.807, 2.05) is 24.3 Å². The summed E-state index contributed by atoms with van der Waals surface area (Å²) >= 11 is 1.25. The average molecular weight is 523 g/mol. The van der Waals surface area contributed by atoms with E-state index in [0.717, 1.165) is 5.56 Å². The average Bonchev–Trinajstić information content (AvgIpc) is 3.20. The van der Waals surface area contributed by atoms with Gasteiger partial charge in [-0.1, -0.05) is 49.4 Å². The van der Waals surface area contributed by atoms with Gasteiger partial charge in [0.15, 0.2) is 16.3 Å². The highest BCUT2D eigenvalue weighted by atomic mass is 32.1. The van der Waals surface area contributed by atoms with Crippen LogP contribution in [0, 0.1) is 0 Å². The molecule has 1 atom stereocenters. The second-order valence-electron chi connectivity index (χ2n) is 8.85. The zero-order valence-corrected chi connectivity index (χ0v) is 22.8. The Bertz CT molecular complexity index is 1520. The molecule has 0 saturated carbocycles. The molecule has 0 radical (unpaired) electrons. The number of benzene rings is 2. The minimum atomic E-state index is -0.660. The summed E-state index contributed by atoms with van der Waals surface area (Å²) in [6.07, 6.45) is 1.75. The number of carbonyl (C=O) groups excluding carboxylic acids is 1. The van der Waals surface area contributed by atoms with E-state index in [0.29, 0.717) is 49.3 Å². The third-order valence-corrected chi connectivity index (χ3v) is 7.31. The fourth-order valence-electron chi connectivity index (χ4n) is 4.41. The van der Waals surface area contributed by atoms with Crippen LogP contribution in [0.3, 0.4) is 0 Å². The number of rotatable bonds is 7. The number of allylic oxidation sites excluding steroid dienone is 1. The van der Waals surface area contributed by atoms with Crippen LogP contribution in [-0.2, 0) is 9.53 Å². The first-order valence-corrected chi connectivity index (χ1v) is 12.6. The number of hydrogen-bond donors (Lipinski definition) is 0. The molecule has 0 fully saturated rings. The summed E-state index contributed by atoms with van der Waals surface area (Å²) in [5, 5.41) is 0. The maximum Gasteiger partial charge on any atom is 0.338 e. The lowest BCUT2D eigenvalue weighted by Crippen LogP contribution is -2.39. The van der Waals surface area contributed by atoms with Gasteiger partial charge in [-0.25, -0.2) is 9.79 Å². The van der Waals surface area contributed by atoms with E-state index >= 15 is 0 Å². The van der Waals surface area contributed by atoms with Gasteiger partial charge in [0, 0.05) is 0 Å². The number of thiazole rings is 1. The number of aromatic nitrogens is 1. The van der Waals surface area contributed by atoms with Crippen LogP contribution in [0.1, 0.15) is 49.4 Å². The van der Waals surface area contributed by atoms with Crippen LogP contribution in [-0.4, -0.2) is 39.0 Å². The summed E-state index contributed by atoms with van der Waals surface area (Å²) in [7, 11) is 5.94. The van der Waals surface area contributed by atoms with Gasteiger partial charge in [-0.15, -0.1) is 0 Å². The number of nitrogens with zero attached hydrogens (tertiary/aromatic N) is 2. The summed E-state index contributed by atoms with van der Waals surface area (Å²) < 4.78 is 23.4. The van der Waals surface area contributed by atoms with E-state index in [-0.39, 0.29) is 5.56 Å². The van der Waals surface area contributed by atoms with Gasteiger partial charge in [0.05, 0.1) is 50.3 Å². The summed E-state index contributed by atoms with van der Waals surface area (Å²) in [5.41, 5.74) is 3.26. The van der Waals surface area contributed by atoms with Crippen LogP contribution in [0.2, 0.25) is 0 Å². The predicted molar refractivity (Wildman–Crippen MR) is 142 cm³/mol. The molecular weight excluding hydrogens is 492 g/mol. The molecule has 1 aliphatic heterocycles. The number of methoxy groups -OCH3 is 4. The van der Waals surface area contributed by atoms with Crippen molar-refractivity contribution in [2.75, 3.05) is 28.4 Å². The molecule has 0 N–H and O–H groups in total. The molecule has 0 aliphatic carbocycles. The highest BCUT2D eigenvalue weighted by Crippen LogP contribution is 2.38. The molecule has 37 heavy (non-hydrogen) atoms. The Balaban J connectivity index is 1.94. The highest BCUT2D eigenvalue weighted by molar-refractivity contribution is 7.07. The van der Waals surface area contributed by atoms with E-state index < -0.39 is 12.0 Å². The Morgan fingerprint density at radius 1 is 1.03 bits per heavy atom. The molecule has 0 bridgehead atoms. The quantitative estimate of drug-likeness (QED) is 0.441. The van der Waals surface area contributed by atoms with Crippen molar-refractivity contribution >= 4 is 23.4 Å². The van der Waals surface area contributed by atoms with Crippen LogP contribution in [0.15, 0.2) is 57.5 Å². The summed E-state index contributed by atoms with van der Waals surface area (Å²) in [6.45, 7) is 5.99. The molecular formula is C28H30N2O6S. The zero-order valence-electron chi connectivity index (χ0n) is 21.9. The van der Waals surface area contributed by atoms with Gasteiger partial charge in [-0.2, -0.15) is 0 Å². The third kappa shape index (κ3) is 4.79. The lowest BCUT2D eigenvalue weighted by atomic mass is 9.93. The van der Waals surface area contributed by atoms with Crippen molar-refractivity contribution in [3.63, 3.8) is 0 Å². The van der Waals surface area contributed by atoms with Gasteiger partial charge in [-0.05, 0) is 47.7 Å². The van der Waals surface area contributed by atoms with Crippen molar-refractivity contribution < 1.29 is 23.7 Å². The Morgan fingerprint density at radius 3 is 2.16 bits per heavy atom. The molecule has 1 unspecified atom stereocenters. The van der Waals surface area contributed by atoms with Gasteiger partial charge in [0.25, 0.3) is 5.56 Å². The fraction of sp³-hybridized carbons (Fsp3) is 0.321. The Kier molecular flexibility index (Phi) is 7.54. The van der Waals surface area contributed by atoms with Crippen molar-refractivity contribution in [2.45, 2.75) is 32.7 Å². The Morgan fingerprint density at radius 2 is 1.65 bits per heavy atom. The van der Waals surface area contributed by atoms with E-state index in [1.165, 1.54) is 45.3 Å². The smallest absolute Gasteiger partial charge is 0.338 e. The monoisotopic (exact) mass is 522 g/mol. The second-order valence-corrected chi connectivity index (χ2v) is 9.86. The minimum absolute atomic E-state index is 0.260. The maximum absolute atomic E-state index is 13.8. The van der Waals surface area contributed by atoms with Crippen LogP contribution < -0.4 is 29.1 Å². The van der Waals surface area contributed by atoms with E-state index in [9.17, 15) is 9.59 Å². The van der Waals surface area contributed by atoms with Crippen molar-refractivity contribution in [1.29, 1.82) is 0 Å². The molecule has 4 rings (SSSR count). The number of hydrogen-bond acceptors (Lipinski definition) is 8. The molecule has 1 aromatic heterocycles. The van der Waals surface area contributed by atoms with Gasteiger partial charge in [-0.3, -0.25) is 9.36 Å². The van der Waals surface area contributed by atoms with Gasteiger partial charge < -0.3 is 18.9 Å². The summed E-state index contributed by atoms with van der Waals surface area (Å²) in [5.74, 6) is 1.26. The zero-order chi connectivity index (χ0) is 26.9. The van der Waals surface area contributed by atoms with Crippen LogP contribution in [0.25, 0.3) is 6.08 Å². The summed E-state index contributed by atoms with van der Waals surface area (Å²) in [6, 6.07) is 10.8. The Hall–Kier alpha value is -3.85. The first-order valence-electron chi connectivity index (χ1n) is 11.7. The van der Waals surface area contributed by atoms with Crippen molar-refractivity contribution in [3.8, 4) is 17.2 Å². The lowest BCUT2D eigenvalue weighted by molar-refractivity contribution is -0.136. The number of fused-ring (bicyclic) bond motifs is 1. The predicted octanol–water partition coefficient (Wildman–Crippen LogP) is 3.56. The SMILES string of the molecule is COC(=O)C1=C(C)N=c2sc(=Cc3cc(OC)c(OC)c(OC)c3)c(=O)n2C1c1ccc(C(C)C)cc1. The van der Waals surface area contributed by atoms with Crippen LogP contribution in [0.4, 0.5) is 0 Å². The first kappa shape index (κ1) is 26.2. The minimum Gasteiger partial charge on any atom is -0.493 e. The van der Waals surface area contributed by atoms with E-state index in [1.54, 1.807) is 29.7 Å². The molecule has 194 valence electrons. The van der Waals surface area contributed by atoms with Crippen LogP contribution in [0.5, 0.6) is 17.2 Å². The summed E-state index contributed by atoms with van der Waals surface area (Å²) in [4.78, 5) is 31.8. The third-order valence-electron chi connectivity index (χ3n) is 6.33. The van der Waals surface area contributed by atoms with Crippen molar-refractivity contribution in [3.05, 3.63) is 84.0 Å². The molecule has 9 heteroatoms. The normalized spacial score (nSPS) is 15.4. The van der Waals surface area contributed by atoms with Gasteiger partial charge in [0.1, 0.15) is 0 Å². The van der Waals surface area contributed by atoms with Crippen molar-refractivity contribution in [2.24, 2.45) is 4.99 Å². The largest absolute Gasteiger partial charge is 0.493 e. The number of esters is 1. The molecule has 2 aromatic carbocycles. The second kappa shape index (κ2) is 10.6. The topological polar surface area (TPSA) is 88.4 Å². The van der Waals surface area contributed by atoms with E-state index in [4.69, 9.17) is 18.9 Å². The maximum atomic E-state index is 13.8. The van der Waals surface area contributed by atoms with Crippen LogP contribution >= 0.6 is 11.3 Å². The lowest BCUT2D eigenvalue weighted by Gasteiger charge is -2.24. The highest BCUT2D eigenvalue weighted by Gasteiger charge is 2.33. The number of carbonyl (C=O) groups is 1. The van der Waals surface area contributed by atoms with Gasteiger partial charge in [0.2, 0.25) is 5.75 Å². The molecule has 2 heterocycles.